The Bertz CT molecular complexity index is 729. The molecule has 0 spiro atoms. The van der Waals surface area contributed by atoms with Gasteiger partial charge >= 0.3 is 0 Å². The Kier molecular flexibility index (Phi) is 7.33. The van der Waals surface area contributed by atoms with Crippen LogP contribution in [0.3, 0.4) is 0 Å². The summed E-state index contributed by atoms with van der Waals surface area (Å²) in [5.74, 6) is 0.0166. The topological polar surface area (TPSA) is 65.2 Å². The molecule has 0 saturated carbocycles. The fourth-order valence-electron chi connectivity index (χ4n) is 3.01. The maximum atomic E-state index is 13.2. The number of carbonyl (C=O) groups excluding carboxylic acids is 1. The van der Waals surface area contributed by atoms with E-state index >= 15 is 0 Å². The van der Waals surface area contributed by atoms with Gasteiger partial charge in [0.25, 0.3) is 0 Å². The molecule has 0 amide bonds. The second-order valence-electron chi connectivity index (χ2n) is 5.91. The molecule has 5 heteroatoms. The largest absolute Gasteiger partial charge is 0.384 e. The number of hydrogen-bond acceptors (Lipinski definition) is 5. The number of benzene rings is 2. The monoisotopic (exact) mass is 354 g/mol. The van der Waals surface area contributed by atoms with Gasteiger partial charge in [-0.2, -0.15) is 0 Å². The quantitative estimate of drug-likeness (QED) is 0.468. The van der Waals surface area contributed by atoms with Gasteiger partial charge in [-0.15, -0.1) is 0 Å². The smallest absolute Gasteiger partial charge is 0.195 e. The summed E-state index contributed by atoms with van der Waals surface area (Å²) >= 11 is 0. The van der Waals surface area contributed by atoms with Crippen molar-refractivity contribution in [2.24, 2.45) is 0 Å². The molecule has 2 rings (SSSR count). The van der Waals surface area contributed by atoms with Crippen LogP contribution in [0.25, 0.3) is 0 Å². The number of rotatable bonds is 10. The third-order valence-electron chi connectivity index (χ3n) is 4.04. The molecule has 0 saturated heterocycles. The first-order chi connectivity index (χ1) is 12.7. The third-order valence-corrected chi connectivity index (χ3v) is 4.04. The summed E-state index contributed by atoms with van der Waals surface area (Å²) < 4.78 is 0. The highest BCUT2D eigenvalue weighted by atomic mass is 16.1. The number of anilines is 4. The molecule has 0 radical (unpaired) electrons. The van der Waals surface area contributed by atoms with Gasteiger partial charge in [0.1, 0.15) is 0 Å². The van der Waals surface area contributed by atoms with E-state index in [1.54, 1.807) is 0 Å². The third kappa shape index (κ3) is 4.28. The lowest BCUT2D eigenvalue weighted by molar-refractivity contribution is 0.103. The summed E-state index contributed by atoms with van der Waals surface area (Å²) in [5, 5.41) is 13.7. The van der Waals surface area contributed by atoms with E-state index in [1.807, 2.05) is 43.3 Å². The maximum Gasteiger partial charge on any atom is 0.195 e. The van der Waals surface area contributed by atoms with Crippen molar-refractivity contribution in [3.8, 4) is 0 Å². The molecule has 0 atom stereocenters. The fourth-order valence-corrected chi connectivity index (χ4v) is 3.01. The summed E-state index contributed by atoms with van der Waals surface area (Å²) in [6, 6.07) is 11.4. The van der Waals surface area contributed by atoms with Crippen molar-refractivity contribution in [2.45, 2.75) is 27.7 Å². The zero-order chi connectivity index (χ0) is 18.9. The van der Waals surface area contributed by atoms with E-state index in [9.17, 15) is 4.79 Å². The highest BCUT2D eigenvalue weighted by Crippen LogP contribution is 2.41. The Hall–Kier alpha value is -2.69. The van der Waals surface area contributed by atoms with Crippen LogP contribution in [0.4, 0.5) is 22.7 Å². The van der Waals surface area contributed by atoms with Crippen LogP contribution in [0.5, 0.6) is 0 Å². The predicted octanol–water partition coefficient (Wildman–Crippen LogP) is 4.64. The van der Waals surface area contributed by atoms with Crippen molar-refractivity contribution in [1.29, 1.82) is 0 Å². The molecule has 5 nitrogen and oxygen atoms in total. The van der Waals surface area contributed by atoms with E-state index in [4.69, 9.17) is 0 Å². The first-order valence-corrected chi connectivity index (χ1v) is 9.43. The number of hydrogen-bond donors (Lipinski definition) is 4. The van der Waals surface area contributed by atoms with Crippen molar-refractivity contribution < 1.29 is 4.79 Å². The standard InChI is InChI=1S/C21H30N4O/c1-5-22-17-14-16(21(26)15-12-10-9-11-13-15)18(23-6-2)20(25-8-4)19(17)24-7-3/h9-14,22-25H,5-8H2,1-4H3. The van der Waals surface area contributed by atoms with Crippen LogP contribution in [0, 0.1) is 0 Å². The molecule has 0 aliphatic heterocycles. The zero-order valence-corrected chi connectivity index (χ0v) is 16.2. The van der Waals surface area contributed by atoms with E-state index in [0.717, 1.165) is 48.9 Å². The summed E-state index contributed by atoms with van der Waals surface area (Å²) in [4.78, 5) is 13.2. The van der Waals surface area contributed by atoms with Crippen LogP contribution < -0.4 is 21.3 Å². The average Bonchev–Trinajstić information content (AvgIpc) is 2.66. The Morgan fingerprint density at radius 3 is 1.85 bits per heavy atom. The van der Waals surface area contributed by atoms with Crippen LogP contribution in [-0.4, -0.2) is 32.0 Å². The van der Waals surface area contributed by atoms with Crippen molar-refractivity contribution in [1.82, 2.24) is 0 Å². The molecule has 2 aromatic carbocycles. The van der Waals surface area contributed by atoms with Crippen molar-refractivity contribution in [3.05, 3.63) is 47.5 Å². The average molecular weight is 354 g/mol. The lowest BCUT2D eigenvalue weighted by atomic mass is 9.98. The normalized spacial score (nSPS) is 10.3. The molecule has 0 bridgehead atoms. The van der Waals surface area contributed by atoms with E-state index in [0.29, 0.717) is 11.1 Å². The molecule has 0 fully saturated rings. The Labute approximate surface area is 156 Å². The van der Waals surface area contributed by atoms with Gasteiger partial charge in [-0.3, -0.25) is 4.79 Å². The zero-order valence-electron chi connectivity index (χ0n) is 16.2. The van der Waals surface area contributed by atoms with E-state index in [2.05, 4.69) is 42.0 Å². The molecule has 0 aromatic heterocycles. The van der Waals surface area contributed by atoms with Crippen LogP contribution in [0.2, 0.25) is 0 Å². The van der Waals surface area contributed by atoms with Gasteiger partial charge in [-0.05, 0) is 33.8 Å². The first-order valence-electron chi connectivity index (χ1n) is 9.43. The number of nitrogens with one attached hydrogen (secondary N) is 4. The second-order valence-corrected chi connectivity index (χ2v) is 5.91. The molecule has 2 aromatic rings. The maximum absolute atomic E-state index is 13.2. The van der Waals surface area contributed by atoms with Crippen molar-refractivity contribution in [2.75, 3.05) is 47.4 Å². The number of carbonyl (C=O) groups is 1. The van der Waals surface area contributed by atoms with Gasteiger partial charge in [0.15, 0.2) is 5.78 Å². The summed E-state index contributed by atoms with van der Waals surface area (Å²) in [6.07, 6.45) is 0. The van der Waals surface area contributed by atoms with Crippen molar-refractivity contribution >= 4 is 28.5 Å². The Morgan fingerprint density at radius 2 is 1.27 bits per heavy atom. The van der Waals surface area contributed by atoms with E-state index in [1.165, 1.54) is 0 Å². The molecular weight excluding hydrogens is 324 g/mol. The summed E-state index contributed by atoms with van der Waals surface area (Å²) in [5.41, 5.74) is 5.08. The molecule has 0 heterocycles. The molecular formula is C21H30N4O. The minimum atomic E-state index is 0.0166. The molecule has 0 aliphatic rings. The summed E-state index contributed by atoms with van der Waals surface area (Å²) in [7, 11) is 0. The Balaban J connectivity index is 2.70. The molecule has 4 N–H and O–H groups in total. The van der Waals surface area contributed by atoms with Crippen molar-refractivity contribution in [3.63, 3.8) is 0 Å². The van der Waals surface area contributed by atoms with Gasteiger partial charge in [0.05, 0.1) is 22.7 Å². The first kappa shape index (κ1) is 19.6. The highest BCUT2D eigenvalue weighted by molar-refractivity contribution is 6.16. The molecule has 0 aliphatic carbocycles. The SMILES string of the molecule is CCNc1cc(C(=O)c2ccccc2)c(NCC)c(NCC)c1NCC. The Morgan fingerprint density at radius 1 is 0.731 bits per heavy atom. The highest BCUT2D eigenvalue weighted by Gasteiger charge is 2.22. The van der Waals surface area contributed by atoms with Crippen LogP contribution in [0.15, 0.2) is 36.4 Å². The minimum absolute atomic E-state index is 0.0166. The van der Waals surface area contributed by atoms with Gasteiger partial charge in [-0.25, -0.2) is 0 Å². The lowest BCUT2D eigenvalue weighted by Crippen LogP contribution is -2.16. The van der Waals surface area contributed by atoms with Crippen LogP contribution in [-0.2, 0) is 0 Å². The molecule has 0 unspecified atom stereocenters. The van der Waals surface area contributed by atoms with E-state index < -0.39 is 0 Å². The van der Waals surface area contributed by atoms with Crippen LogP contribution in [0.1, 0.15) is 43.6 Å². The predicted molar refractivity (Wildman–Crippen MR) is 113 cm³/mol. The number of ketones is 1. The van der Waals surface area contributed by atoms with Gasteiger partial charge < -0.3 is 21.3 Å². The van der Waals surface area contributed by atoms with Gasteiger partial charge in [0, 0.05) is 37.3 Å². The van der Waals surface area contributed by atoms with Crippen LogP contribution >= 0.6 is 0 Å². The fraction of sp³-hybridized carbons (Fsp3) is 0.381. The van der Waals surface area contributed by atoms with E-state index in [-0.39, 0.29) is 5.78 Å². The molecule has 26 heavy (non-hydrogen) atoms. The van der Waals surface area contributed by atoms with Gasteiger partial charge in [-0.1, -0.05) is 30.3 Å². The minimum Gasteiger partial charge on any atom is -0.384 e. The molecule has 140 valence electrons. The second kappa shape index (κ2) is 9.70. The lowest BCUT2D eigenvalue weighted by Gasteiger charge is -2.24. The van der Waals surface area contributed by atoms with Gasteiger partial charge in [0.2, 0.25) is 0 Å². The summed E-state index contributed by atoms with van der Waals surface area (Å²) in [6.45, 7) is 11.3.